The molecule has 1 aliphatic rings. The van der Waals surface area contributed by atoms with Crippen molar-refractivity contribution in [1.82, 2.24) is 20.4 Å². The van der Waals surface area contributed by atoms with Crippen LogP contribution in [-0.2, 0) is 0 Å². The fraction of sp³-hybridized carbons (Fsp3) is 0.700. The Labute approximate surface area is 109 Å². The normalized spacial score (nSPS) is 21.4. The zero-order valence-electron chi connectivity index (χ0n) is 9.65. The highest BCUT2D eigenvalue weighted by Crippen LogP contribution is 2.16. The Hall–Kier alpha value is -0.720. The number of likely N-dealkylation sites (tertiary alicyclic amines) is 1. The fourth-order valence-electron chi connectivity index (χ4n) is 2.00. The molecule has 1 unspecified atom stereocenters. The van der Waals surface area contributed by atoms with E-state index in [0.29, 0.717) is 9.47 Å². The molecule has 0 radical (unpaired) electrons. The fourth-order valence-corrected chi connectivity index (χ4v) is 2.74. The smallest absolute Gasteiger partial charge is 0.282 e. The van der Waals surface area contributed by atoms with Crippen molar-refractivity contribution >= 4 is 28.8 Å². The summed E-state index contributed by atoms with van der Waals surface area (Å²) in [5.41, 5.74) is 0. The SMILES string of the molecule is CCN1CCCC(NC(=O)c2nnc(Cl)s2)C1. The molecule has 0 spiro atoms. The second kappa shape index (κ2) is 5.75. The van der Waals surface area contributed by atoms with Crippen LogP contribution in [0.15, 0.2) is 0 Å². The number of amides is 1. The van der Waals surface area contributed by atoms with Crippen LogP contribution in [0.5, 0.6) is 0 Å². The first-order valence-electron chi connectivity index (χ1n) is 5.71. The van der Waals surface area contributed by atoms with Crippen molar-refractivity contribution in [2.75, 3.05) is 19.6 Å². The van der Waals surface area contributed by atoms with Crippen LogP contribution >= 0.6 is 22.9 Å². The minimum atomic E-state index is -0.169. The van der Waals surface area contributed by atoms with Crippen LogP contribution in [0.4, 0.5) is 0 Å². The molecule has 17 heavy (non-hydrogen) atoms. The molecule has 5 nitrogen and oxygen atoms in total. The summed E-state index contributed by atoms with van der Waals surface area (Å²) in [5, 5.41) is 10.7. The summed E-state index contributed by atoms with van der Waals surface area (Å²) >= 11 is 6.76. The summed E-state index contributed by atoms with van der Waals surface area (Å²) in [6.45, 7) is 5.19. The average molecular weight is 275 g/mol. The Morgan fingerprint density at radius 3 is 3.12 bits per heavy atom. The quantitative estimate of drug-likeness (QED) is 0.905. The number of nitrogens with one attached hydrogen (secondary N) is 1. The van der Waals surface area contributed by atoms with Crippen LogP contribution in [0.3, 0.4) is 0 Å². The lowest BCUT2D eigenvalue weighted by molar-refractivity contribution is 0.0904. The van der Waals surface area contributed by atoms with E-state index in [9.17, 15) is 4.79 Å². The number of rotatable bonds is 3. The molecule has 0 aliphatic carbocycles. The Kier molecular flexibility index (Phi) is 4.31. The molecule has 1 aromatic heterocycles. The van der Waals surface area contributed by atoms with Crippen molar-refractivity contribution in [1.29, 1.82) is 0 Å². The molecule has 1 amide bonds. The summed E-state index contributed by atoms with van der Waals surface area (Å²) in [6.07, 6.45) is 2.14. The van der Waals surface area contributed by atoms with Gasteiger partial charge in [-0.2, -0.15) is 0 Å². The molecule has 1 aliphatic heterocycles. The first-order chi connectivity index (χ1) is 8.19. The molecule has 0 bridgehead atoms. The summed E-state index contributed by atoms with van der Waals surface area (Å²) < 4.78 is 0.300. The van der Waals surface area contributed by atoms with E-state index >= 15 is 0 Å². The van der Waals surface area contributed by atoms with Gasteiger partial charge in [-0.25, -0.2) is 0 Å². The van der Waals surface area contributed by atoms with Gasteiger partial charge >= 0.3 is 0 Å². The number of hydrogen-bond donors (Lipinski definition) is 1. The summed E-state index contributed by atoms with van der Waals surface area (Å²) in [4.78, 5) is 14.2. The maximum absolute atomic E-state index is 11.8. The summed E-state index contributed by atoms with van der Waals surface area (Å²) in [5.74, 6) is -0.169. The van der Waals surface area contributed by atoms with Crippen molar-refractivity contribution in [3.8, 4) is 0 Å². The number of nitrogens with zero attached hydrogens (tertiary/aromatic N) is 3. The molecule has 1 aromatic rings. The van der Waals surface area contributed by atoms with Crippen LogP contribution in [-0.4, -0.2) is 46.7 Å². The molecule has 7 heteroatoms. The third-order valence-corrected chi connectivity index (χ3v) is 3.90. The topological polar surface area (TPSA) is 58.1 Å². The van der Waals surface area contributed by atoms with Gasteiger partial charge in [-0.15, -0.1) is 10.2 Å². The van der Waals surface area contributed by atoms with Gasteiger partial charge in [-0.3, -0.25) is 4.79 Å². The van der Waals surface area contributed by atoms with E-state index in [2.05, 4.69) is 27.3 Å². The lowest BCUT2D eigenvalue weighted by Crippen LogP contribution is -2.47. The Balaban J connectivity index is 1.90. The maximum Gasteiger partial charge on any atom is 0.282 e. The van der Waals surface area contributed by atoms with Crippen LogP contribution in [0.1, 0.15) is 29.6 Å². The van der Waals surface area contributed by atoms with E-state index in [1.54, 1.807) is 0 Å². The van der Waals surface area contributed by atoms with Crippen molar-refractivity contribution in [3.05, 3.63) is 9.47 Å². The first-order valence-corrected chi connectivity index (χ1v) is 6.90. The van der Waals surface area contributed by atoms with E-state index in [1.807, 2.05) is 0 Å². The Bertz CT molecular complexity index is 397. The van der Waals surface area contributed by atoms with Gasteiger partial charge in [-0.05, 0) is 37.5 Å². The third kappa shape index (κ3) is 3.37. The molecule has 0 aromatic carbocycles. The van der Waals surface area contributed by atoms with Crippen LogP contribution in [0.25, 0.3) is 0 Å². The summed E-state index contributed by atoms with van der Waals surface area (Å²) in [7, 11) is 0. The van der Waals surface area contributed by atoms with E-state index in [4.69, 9.17) is 11.6 Å². The lowest BCUT2D eigenvalue weighted by Gasteiger charge is -2.31. The van der Waals surface area contributed by atoms with Crippen LogP contribution in [0, 0.1) is 0 Å². The number of halogens is 1. The van der Waals surface area contributed by atoms with Crippen molar-refractivity contribution in [2.45, 2.75) is 25.8 Å². The highest BCUT2D eigenvalue weighted by atomic mass is 35.5. The zero-order valence-corrected chi connectivity index (χ0v) is 11.2. The number of carbonyl (C=O) groups excluding carboxylic acids is 1. The van der Waals surface area contributed by atoms with Crippen molar-refractivity contribution < 1.29 is 4.79 Å². The number of carbonyl (C=O) groups is 1. The van der Waals surface area contributed by atoms with Crippen LogP contribution in [0.2, 0.25) is 4.47 Å². The molecule has 1 atom stereocenters. The number of likely N-dealkylation sites (N-methyl/N-ethyl adjacent to an activating group) is 1. The van der Waals surface area contributed by atoms with Gasteiger partial charge in [0.15, 0.2) is 0 Å². The maximum atomic E-state index is 11.8. The van der Waals surface area contributed by atoms with Gasteiger partial charge in [0, 0.05) is 12.6 Å². The molecule has 1 saturated heterocycles. The monoisotopic (exact) mass is 274 g/mol. The predicted octanol–water partition coefficient (Wildman–Crippen LogP) is 1.41. The number of piperidine rings is 1. The van der Waals surface area contributed by atoms with E-state index in [0.717, 1.165) is 43.8 Å². The number of hydrogen-bond acceptors (Lipinski definition) is 5. The molecule has 1 fully saturated rings. The molecule has 2 rings (SSSR count). The minimum absolute atomic E-state index is 0.169. The van der Waals surface area contributed by atoms with Crippen molar-refractivity contribution in [2.24, 2.45) is 0 Å². The molecular formula is C10H15ClN4OS. The molecular weight excluding hydrogens is 260 g/mol. The van der Waals surface area contributed by atoms with Gasteiger partial charge in [0.2, 0.25) is 9.47 Å². The Morgan fingerprint density at radius 1 is 1.65 bits per heavy atom. The number of aromatic nitrogens is 2. The van der Waals surface area contributed by atoms with Gasteiger partial charge < -0.3 is 10.2 Å². The third-order valence-electron chi connectivity index (χ3n) is 2.88. The van der Waals surface area contributed by atoms with Crippen LogP contribution < -0.4 is 5.32 Å². The predicted molar refractivity (Wildman–Crippen MR) is 67.5 cm³/mol. The minimum Gasteiger partial charge on any atom is -0.346 e. The average Bonchev–Trinajstić information content (AvgIpc) is 2.76. The summed E-state index contributed by atoms with van der Waals surface area (Å²) in [6, 6.07) is 0.207. The largest absolute Gasteiger partial charge is 0.346 e. The van der Waals surface area contributed by atoms with Gasteiger partial charge in [0.05, 0.1) is 0 Å². The van der Waals surface area contributed by atoms with E-state index in [1.165, 1.54) is 0 Å². The van der Waals surface area contributed by atoms with Gasteiger partial charge in [-0.1, -0.05) is 18.3 Å². The second-order valence-electron chi connectivity index (χ2n) is 4.07. The van der Waals surface area contributed by atoms with Crippen molar-refractivity contribution in [3.63, 3.8) is 0 Å². The lowest BCUT2D eigenvalue weighted by atomic mass is 10.1. The first kappa shape index (κ1) is 12.7. The molecule has 0 saturated carbocycles. The zero-order chi connectivity index (χ0) is 12.3. The highest BCUT2D eigenvalue weighted by molar-refractivity contribution is 7.17. The molecule has 94 valence electrons. The van der Waals surface area contributed by atoms with E-state index in [-0.39, 0.29) is 11.9 Å². The van der Waals surface area contributed by atoms with Gasteiger partial charge in [0.25, 0.3) is 5.91 Å². The second-order valence-corrected chi connectivity index (χ2v) is 5.63. The molecule has 1 N–H and O–H groups in total. The van der Waals surface area contributed by atoms with E-state index < -0.39 is 0 Å². The standard InChI is InChI=1S/C10H15ClN4OS/c1-2-15-5-3-4-7(6-15)12-8(16)9-13-14-10(11)17-9/h7H,2-6H2,1H3,(H,12,16). The molecule has 2 heterocycles. The Morgan fingerprint density at radius 2 is 2.47 bits per heavy atom. The highest BCUT2D eigenvalue weighted by Gasteiger charge is 2.22. The van der Waals surface area contributed by atoms with Gasteiger partial charge in [0.1, 0.15) is 0 Å².